The van der Waals surface area contributed by atoms with Gasteiger partial charge in [0.15, 0.2) is 0 Å². The van der Waals surface area contributed by atoms with E-state index in [0.29, 0.717) is 43.3 Å². The molecule has 0 bridgehead atoms. The summed E-state index contributed by atoms with van der Waals surface area (Å²) in [6, 6.07) is 21.8. The zero-order valence-corrected chi connectivity index (χ0v) is 24.7. The maximum absolute atomic E-state index is 12.7. The summed E-state index contributed by atoms with van der Waals surface area (Å²) in [7, 11) is 0. The summed E-state index contributed by atoms with van der Waals surface area (Å²) in [6.45, 7) is 3.30. The first-order valence-electron chi connectivity index (χ1n) is 13.3. The Morgan fingerprint density at radius 2 is 1.50 bits per heavy atom. The first-order chi connectivity index (χ1) is 20.8. The highest BCUT2D eigenvalue weighted by atomic mass is 35.5. The number of benzene rings is 4. The molecule has 1 heterocycles. The molecule has 2 atom stereocenters. The van der Waals surface area contributed by atoms with Crippen molar-refractivity contribution in [1.29, 1.82) is 0 Å². The number of amides is 1. The van der Waals surface area contributed by atoms with Crippen molar-refractivity contribution < 1.29 is 32.6 Å². The van der Waals surface area contributed by atoms with Crippen LogP contribution in [0.4, 0.5) is 13.2 Å². The monoisotopic (exact) mass is 641 g/mol. The van der Waals surface area contributed by atoms with Crippen molar-refractivity contribution >= 4 is 45.9 Å². The largest absolute Gasteiger partial charge is 0.573 e. The molecule has 5 aromatic rings. The molecule has 0 fully saturated rings. The van der Waals surface area contributed by atoms with Crippen molar-refractivity contribution in [2.75, 3.05) is 0 Å². The number of alkyl halides is 3. The lowest BCUT2D eigenvalue weighted by Gasteiger charge is -2.17. The van der Waals surface area contributed by atoms with Crippen LogP contribution in [0.3, 0.4) is 0 Å². The molecule has 0 spiro atoms. The molecule has 5 rings (SSSR count). The Kier molecular flexibility index (Phi) is 8.58. The van der Waals surface area contributed by atoms with Crippen molar-refractivity contribution in [3.63, 3.8) is 0 Å². The second-order valence-corrected chi connectivity index (χ2v) is 11.0. The quantitative estimate of drug-likeness (QED) is 0.177. The van der Waals surface area contributed by atoms with E-state index in [1.54, 1.807) is 65.3 Å². The second-order valence-electron chi connectivity index (χ2n) is 10.1. The lowest BCUT2D eigenvalue weighted by molar-refractivity contribution is -0.274. The number of nitrogens with zero attached hydrogens (tertiary/aromatic N) is 2. The number of aliphatic carboxylic acids is 1. The van der Waals surface area contributed by atoms with Crippen LogP contribution < -0.4 is 10.1 Å². The molecule has 2 N–H and O–H groups in total. The molecule has 7 nitrogen and oxygen atoms in total. The molecule has 12 heteroatoms. The van der Waals surface area contributed by atoms with E-state index in [1.807, 2.05) is 19.1 Å². The Balaban J connectivity index is 1.54. The number of aromatic nitrogens is 2. The van der Waals surface area contributed by atoms with Gasteiger partial charge in [-0.3, -0.25) is 14.3 Å². The molecule has 1 aromatic heterocycles. The molecule has 0 unspecified atom stereocenters. The molecule has 0 aliphatic heterocycles. The smallest absolute Gasteiger partial charge is 0.480 e. The second kappa shape index (κ2) is 12.2. The Labute approximate surface area is 259 Å². The van der Waals surface area contributed by atoms with Gasteiger partial charge in [0.2, 0.25) is 0 Å². The van der Waals surface area contributed by atoms with Crippen LogP contribution >= 0.6 is 23.2 Å². The van der Waals surface area contributed by atoms with Crippen molar-refractivity contribution in [2.45, 2.75) is 32.3 Å². The van der Waals surface area contributed by atoms with Gasteiger partial charge in [0.25, 0.3) is 5.91 Å². The van der Waals surface area contributed by atoms with Crippen molar-refractivity contribution in [1.82, 2.24) is 15.1 Å². The first kappa shape index (κ1) is 30.9. The normalized spacial score (nSPS) is 13.0. The molecule has 4 aromatic carbocycles. The van der Waals surface area contributed by atoms with Gasteiger partial charge in [-0.1, -0.05) is 53.5 Å². The number of carboxylic acid groups (broad SMARTS) is 1. The topological polar surface area (TPSA) is 93.5 Å². The van der Waals surface area contributed by atoms with E-state index in [2.05, 4.69) is 10.1 Å². The molecule has 0 saturated heterocycles. The van der Waals surface area contributed by atoms with E-state index >= 15 is 0 Å². The molecule has 0 aliphatic rings. The number of halogens is 5. The highest BCUT2D eigenvalue weighted by Crippen LogP contribution is 2.35. The van der Waals surface area contributed by atoms with E-state index in [4.69, 9.17) is 33.4 Å². The van der Waals surface area contributed by atoms with Gasteiger partial charge in [0, 0.05) is 26.7 Å². The maximum Gasteiger partial charge on any atom is 0.573 e. The van der Waals surface area contributed by atoms with E-state index < -0.39 is 24.3 Å². The van der Waals surface area contributed by atoms with Crippen LogP contribution in [0.15, 0.2) is 84.9 Å². The predicted molar refractivity (Wildman–Crippen MR) is 162 cm³/mol. The molecule has 44 heavy (non-hydrogen) atoms. The van der Waals surface area contributed by atoms with Crippen LogP contribution in [-0.2, 0) is 4.79 Å². The Hall–Kier alpha value is -4.54. The van der Waals surface area contributed by atoms with Gasteiger partial charge < -0.3 is 15.2 Å². The average molecular weight is 642 g/mol. The van der Waals surface area contributed by atoms with Gasteiger partial charge in [-0.15, -0.1) is 13.2 Å². The average Bonchev–Trinajstić information content (AvgIpc) is 3.41. The highest BCUT2D eigenvalue weighted by Gasteiger charge is 2.31. The van der Waals surface area contributed by atoms with Gasteiger partial charge in [-0.25, -0.2) is 0 Å². The van der Waals surface area contributed by atoms with Crippen molar-refractivity contribution in [3.8, 4) is 28.3 Å². The number of carbonyl (C=O) groups excluding carboxylic acids is 1. The maximum atomic E-state index is 12.7. The predicted octanol–water partition coefficient (Wildman–Crippen LogP) is 8.39. The molecule has 1 amide bonds. The van der Waals surface area contributed by atoms with E-state index in [9.17, 15) is 22.8 Å². The number of carboxylic acids is 1. The number of hydrogen-bond donors (Lipinski definition) is 2. The third kappa shape index (κ3) is 6.98. The number of carbonyl (C=O) groups is 2. The third-order valence-electron chi connectivity index (χ3n) is 6.98. The lowest BCUT2D eigenvalue weighted by atomic mass is 10.0. The fraction of sp³-hybridized carbons (Fsp3) is 0.156. The number of ether oxygens (including phenoxy) is 1. The summed E-state index contributed by atoms with van der Waals surface area (Å²) in [5, 5.41) is 18.5. The molecule has 0 aliphatic carbocycles. The number of nitrogens with one attached hydrogen (secondary N) is 1. The van der Waals surface area contributed by atoms with Gasteiger partial charge in [-0.05, 0) is 84.8 Å². The van der Waals surface area contributed by atoms with Gasteiger partial charge in [-0.2, -0.15) is 5.10 Å². The SMILES string of the molecule is C[C@H](NC(=O)c1ccc([C@@H](C)n2nc(-c3cc(Cl)cc(Cl)c3)cc2-c2ccc3cc(OC(F)(F)F)ccc3c2)cc1)C(=O)O. The minimum Gasteiger partial charge on any atom is -0.480 e. The summed E-state index contributed by atoms with van der Waals surface area (Å²) in [4.78, 5) is 23.6. The Morgan fingerprint density at radius 3 is 2.14 bits per heavy atom. The van der Waals surface area contributed by atoms with Gasteiger partial charge in [0.05, 0.1) is 17.4 Å². The van der Waals surface area contributed by atoms with E-state index in [0.717, 1.165) is 11.1 Å². The van der Waals surface area contributed by atoms with Crippen LogP contribution in [0.5, 0.6) is 5.75 Å². The molecule has 226 valence electrons. The van der Waals surface area contributed by atoms with Crippen molar-refractivity contribution in [2.24, 2.45) is 0 Å². The summed E-state index contributed by atoms with van der Waals surface area (Å²) >= 11 is 12.5. The fourth-order valence-electron chi connectivity index (χ4n) is 4.72. The Morgan fingerprint density at radius 1 is 0.864 bits per heavy atom. The van der Waals surface area contributed by atoms with Gasteiger partial charge in [0.1, 0.15) is 11.8 Å². The molecular weight excluding hydrogens is 618 g/mol. The summed E-state index contributed by atoms with van der Waals surface area (Å²) < 4.78 is 44.1. The molecule has 0 radical (unpaired) electrons. The highest BCUT2D eigenvalue weighted by molar-refractivity contribution is 6.35. The third-order valence-corrected chi connectivity index (χ3v) is 7.41. The van der Waals surface area contributed by atoms with E-state index in [-0.39, 0.29) is 11.8 Å². The lowest BCUT2D eigenvalue weighted by Crippen LogP contribution is -2.38. The van der Waals surface area contributed by atoms with Crippen LogP contribution in [0, 0.1) is 0 Å². The number of fused-ring (bicyclic) bond motifs is 1. The van der Waals surface area contributed by atoms with E-state index in [1.165, 1.54) is 19.1 Å². The standard InChI is InChI=1S/C32H24Cl2F3N3O4/c1-17(31(42)43)38-30(41)20-5-3-19(4-6-20)18(2)40-29(16-28(39-40)24-12-25(33)15-26(34)13-24)23-8-7-22-14-27(44-32(35,36)37)10-9-21(22)11-23/h3-18H,1-2H3,(H,38,41)(H,42,43)/t17-,18+/m0/s1. The van der Waals surface area contributed by atoms with Crippen LogP contribution in [0.2, 0.25) is 10.0 Å². The van der Waals surface area contributed by atoms with Crippen LogP contribution in [0.1, 0.15) is 35.8 Å². The zero-order chi connectivity index (χ0) is 31.8. The number of rotatable bonds is 8. The zero-order valence-electron chi connectivity index (χ0n) is 23.2. The molecular formula is C32H24Cl2F3N3O4. The first-order valence-corrected chi connectivity index (χ1v) is 14.0. The Bertz CT molecular complexity index is 1850. The van der Waals surface area contributed by atoms with Crippen molar-refractivity contribution in [3.05, 3.63) is 106 Å². The molecule has 0 saturated carbocycles. The summed E-state index contributed by atoms with van der Waals surface area (Å²) in [6.07, 6.45) is -4.80. The minimum absolute atomic E-state index is 0.299. The fourth-order valence-corrected chi connectivity index (χ4v) is 5.25. The number of hydrogen-bond acceptors (Lipinski definition) is 4. The van der Waals surface area contributed by atoms with Crippen LogP contribution in [0.25, 0.3) is 33.3 Å². The summed E-state index contributed by atoms with van der Waals surface area (Å²) in [5.41, 5.74) is 3.83. The summed E-state index contributed by atoms with van der Waals surface area (Å²) in [5.74, 6) is -1.97. The van der Waals surface area contributed by atoms with Crippen LogP contribution in [-0.4, -0.2) is 39.2 Å². The minimum atomic E-state index is -4.80. The van der Waals surface area contributed by atoms with Gasteiger partial charge >= 0.3 is 12.3 Å².